The molecule has 0 aliphatic carbocycles. The van der Waals surface area contributed by atoms with Gasteiger partial charge in [0.05, 0.1) is 5.69 Å². The Morgan fingerprint density at radius 3 is 1.74 bits per heavy atom. The highest BCUT2D eigenvalue weighted by atomic mass is 32.2. The van der Waals surface area contributed by atoms with Crippen LogP contribution in [-0.2, 0) is 32.9 Å². The molecule has 0 amide bonds. The standard InChI is InChI=1S/C13H15F3N2O2S3/c1-12(2,3)8-4-21-10(17-8)6-23(19,20)7-11-18-9(5-22-11)13(14,15)16/h4-5H,6-7H2,1-3H3. The van der Waals surface area contributed by atoms with Crippen LogP contribution in [0.15, 0.2) is 10.8 Å². The van der Waals surface area contributed by atoms with Crippen LogP contribution in [0.25, 0.3) is 0 Å². The first-order valence-corrected chi connectivity index (χ1v) is 10.1. The minimum Gasteiger partial charge on any atom is -0.245 e. The van der Waals surface area contributed by atoms with Gasteiger partial charge in [0.2, 0.25) is 0 Å². The van der Waals surface area contributed by atoms with Crippen molar-refractivity contribution in [2.75, 3.05) is 0 Å². The molecule has 2 aromatic heterocycles. The molecule has 0 atom stereocenters. The van der Waals surface area contributed by atoms with Gasteiger partial charge in [-0.1, -0.05) is 20.8 Å². The van der Waals surface area contributed by atoms with Gasteiger partial charge in [0.1, 0.15) is 21.5 Å². The van der Waals surface area contributed by atoms with Crippen molar-refractivity contribution < 1.29 is 21.6 Å². The van der Waals surface area contributed by atoms with Crippen molar-refractivity contribution >= 4 is 32.5 Å². The van der Waals surface area contributed by atoms with Crippen molar-refractivity contribution in [1.82, 2.24) is 9.97 Å². The minimum atomic E-state index is -4.56. The molecule has 23 heavy (non-hydrogen) atoms. The Labute approximate surface area is 140 Å². The zero-order chi connectivity index (χ0) is 17.5. The maximum Gasteiger partial charge on any atom is 0.434 e. The van der Waals surface area contributed by atoms with Gasteiger partial charge in [-0.15, -0.1) is 22.7 Å². The second-order valence-corrected chi connectivity index (χ2v) is 9.98. The molecule has 2 rings (SSSR count). The van der Waals surface area contributed by atoms with E-state index < -0.39 is 27.5 Å². The van der Waals surface area contributed by atoms with Crippen LogP contribution in [0.3, 0.4) is 0 Å². The molecule has 2 heterocycles. The predicted molar refractivity (Wildman–Crippen MR) is 84.3 cm³/mol. The normalized spacial score (nSPS) is 13.5. The van der Waals surface area contributed by atoms with Crippen LogP contribution in [0.4, 0.5) is 13.2 Å². The number of rotatable bonds is 4. The molecule has 0 aliphatic heterocycles. The average Bonchev–Trinajstić information content (AvgIpc) is 2.95. The molecule has 0 saturated heterocycles. The lowest BCUT2D eigenvalue weighted by atomic mass is 9.93. The number of hydrogen-bond acceptors (Lipinski definition) is 6. The zero-order valence-corrected chi connectivity index (χ0v) is 15.1. The first-order chi connectivity index (χ1) is 10.4. The van der Waals surface area contributed by atoms with Crippen LogP contribution in [0.2, 0.25) is 0 Å². The fraction of sp³-hybridized carbons (Fsp3) is 0.538. The highest BCUT2D eigenvalue weighted by molar-refractivity contribution is 7.90. The monoisotopic (exact) mass is 384 g/mol. The largest absolute Gasteiger partial charge is 0.434 e. The van der Waals surface area contributed by atoms with Crippen molar-refractivity contribution in [3.05, 3.63) is 32.2 Å². The lowest BCUT2D eigenvalue weighted by Gasteiger charge is -2.14. The first-order valence-electron chi connectivity index (χ1n) is 6.54. The van der Waals surface area contributed by atoms with E-state index >= 15 is 0 Å². The van der Waals surface area contributed by atoms with E-state index in [4.69, 9.17) is 0 Å². The van der Waals surface area contributed by atoms with E-state index in [1.54, 1.807) is 5.38 Å². The van der Waals surface area contributed by atoms with Crippen LogP contribution in [0.1, 0.15) is 42.2 Å². The second kappa shape index (κ2) is 6.14. The van der Waals surface area contributed by atoms with E-state index in [9.17, 15) is 21.6 Å². The Kier molecular flexibility index (Phi) is 4.89. The summed E-state index contributed by atoms with van der Waals surface area (Å²) in [6.07, 6.45) is -4.56. The summed E-state index contributed by atoms with van der Waals surface area (Å²) in [6, 6.07) is 0. The van der Waals surface area contributed by atoms with Gasteiger partial charge in [0.15, 0.2) is 15.5 Å². The van der Waals surface area contributed by atoms with E-state index in [0.29, 0.717) is 16.3 Å². The first kappa shape index (κ1) is 18.3. The van der Waals surface area contributed by atoms with Gasteiger partial charge in [-0.25, -0.2) is 18.4 Å². The summed E-state index contributed by atoms with van der Waals surface area (Å²) in [4.78, 5) is 7.65. The maximum atomic E-state index is 12.5. The molecule has 0 radical (unpaired) electrons. The van der Waals surface area contributed by atoms with Gasteiger partial charge < -0.3 is 0 Å². The number of halogens is 3. The Morgan fingerprint density at radius 2 is 1.39 bits per heavy atom. The molecule has 0 bridgehead atoms. The Morgan fingerprint density at radius 1 is 0.957 bits per heavy atom. The third kappa shape index (κ3) is 4.98. The topological polar surface area (TPSA) is 59.9 Å². The summed E-state index contributed by atoms with van der Waals surface area (Å²) in [7, 11) is -3.62. The van der Waals surface area contributed by atoms with Crippen LogP contribution in [-0.4, -0.2) is 18.4 Å². The highest BCUT2D eigenvalue weighted by Crippen LogP contribution is 2.31. The molecule has 2 aromatic rings. The van der Waals surface area contributed by atoms with Gasteiger partial charge in [0, 0.05) is 16.2 Å². The van der Waals surface area contributed by atoms with Crippen molar-refractivity contribution in [3.8, 4) is 0 Å². The Bertz CT molecular complexity index is 726. The molecule has 4 nitrogen and oxygen atoms in total. The average molecular weight is 384 g/mol. The van der Waals surface area contributed by atoms with Crippen molar-refractivity contribution in [3.63, 3.8) is 0 Å². The number of hydrogen-bond donors (Lipinski definition) is 0. The smallest absolute Gasteiger partial charge is 0.245 e. The molecular formula is C13H15F3N2O2S3. The summed E-state index contributed by atoms with van der Waals surface area (Å²) < 4.78 is 61.7. The minimum absolute atomic E-state index is 0.0649. The predicted octanol–water partition coefficient (Wildman–Crippen LogP) is 4.03. The van der Waals surface area contributed by atoms with Crippen LogP contribution >= 0.6 is 22.7 Å². The number of sulfone groups is 1. The third-order valence-corrected chi connectivity index (χ3v) is 6.34. The third-order valence-electron chi connectivity index (χ3n) is 2.85. The Balaban J connectivity index is 2.11. The van der Waals surface area contributed by atoms with Crippen molar-refractivity contribution in [2.45, 2.75) is 43.9 Å². The van der Waals surface area contributed by atoms with E-state index in [1.165, 1.54) is 11.3 Å². The molecule has 0 fully saturated rings. The SMILES string of the molecule is CC(C)(C)c1csc(CS(=O)(=O)Cc2nc(C(F)(F)F)cs2)n1. The van der Waals surface area contributed by atoms with Gasteiger partial charge in [-0.05, 0) is 0 Å². The molecule has 0 spiro atoms. The van der Waals surface area contributed by atoms with Gasteiger partial charge in [0.25, 0.3) is 0 Å². The van der Waals surface area contributed by atoms with Crippen LogP contribution in [0.5, 0.6) is 0 Å². The lowest BCUT2D eigenvalue weighted by Crippen LogP contribution is -2.12. The fourth-order valence-corrected chi connectivity index (χ4v) is 5.65. The summed E-state index contributed by atoms with van der Waals surface area (Å²) in [5.41, 5.74) is -0.451. The van der Waals surface area contributed by atoms with Crippen LogP contribution < -0.4 is 0 Å². The molecule has 0 aromatic carbocycles. The maximum absolute atomic E-state index is 12.5. The quantitative estimate of drug-likeness (QED) is 0.798. The molecule has 10 heteroatoms. The van der Waals surface area contributed by atoms with E-state index in [0.717, 1.165) is 11.1 Å². The molecule has 0 aliphatic rings. The number of nitrogens with zero attached hydrogens (tertiary/aromatic N) is 2. The molecular weight excluding hydrogens is 369 g/mol. The summed E-state index contributed by atoms with van der Waals surface area (Å²) in [5.74, 6) is -0.813. The van der Waals surface area contributed by atoms with Crippen LogP contribution in [0, 0.1) is 0 Å². The number of aromatic nitrogens is 2. The number of alkyl halides is 3. The van der Waals surface area contributed by atoms with E-state index in [2.05, 4.69) is 9.97 Å². The highest BCUT2D eigenvalue weighted by Gasteiger charge is 2.34. The zero-order valence-electron chi connectivity index (χ0n) is 12.6. The van der Waals surface area contributed by atoms with E-state index in [-0.39, 0.29) is 16.2 Å². The van der Waals surface area contributed by atoms with Gasteiger partial charge in [-0.3, -0.25) is 0 Å². The Hall–Kier alpha value is -1.00. The van der Waals surface area contributed by atoms with Gasteiger partial charge >= 0.3 is 6.18 Å². The summed E-state index contributed by atoms with van der Waals surface area (Å²) in [6.45, 7) is 5.90. The second-order valence-electron chi connectivity index (χ2n) is 6.03. The van der Waals surface area contributed by atoms with Crippen molar-refractivity contribution in [1.29, 1.82) is 0 Å². The molecule has 0 unspecified atom stereocenters. The summed E-state index contributed by atoms with van der Waals surface area (Å²) >= 11 is 1.93. The number of thiazole rings is 2. The molecule has 0 N–H and O–H groups in total. The summed E-state index contributed by atoms with van der Waals surface area (Å²) in [5, 5.41) is 2.99. The van der Waals surface area contributed by atoms with E-state index in [1.807, 2.05) is 20.8 Å². The fourth-order valence-electron chi connectivity index (χ4n) is 1.66. The molecule has 128 valence electrons. The molecule has 0 saturated carbocycles. The van der Waals surface area contributed by atoms with Crippen molar-refractivity contribution in [2.24, 2.45) is 0 Å². The van der Waals surface area contributed by atoms with Gasteiger partial charge in [-0.2, -0.15) is 13.2 Å². The lowest BCUT2D eigenvalue weighted by molar-refractivity contribution is -0.140.